The van der Waals surface area contributed by atoms with E-state index in [2.05, 4.69) is 20.8 Å². The van der Waals surface area contributed by atoms with Crippen molar-refractivity contribution in [1.82, 2.24) is 0 Å². The molecule has 0 saturated heterocycles. The summed E-state index contributed by atoms with van der Waals surface area (Å²) < 4.78 is 5.05. The molecular formula is C26H36O4. The van der Waals surface area contributed by atoms with Crippen molar-refractivity contribution in [2.24, 2.45) is 34.5 Å². The second kappa shape index (κ2) is 7.17. The highest BCUT2D eigenvalue weighted by molar-refractivity contribution is 6.10. The van der Waals surface area contributed by atoms with Crippen LogP contribution >= 0.6 is 0 Å². The van der Waals surface area contributed by atoms with Gasteiger partial charge < -0.3 is 4.74 Å². The summed E-state index contributed by atoms with van der Waals surface area (Å²) in [6.07, 6.45) is 6.26. The molecule has 6 atom stereocenters. The number of allylic oxidation sites excluding steroid dienone is 4. The van der Waals surface area contributed by atoms with Gasteiger partial charge in [0.1, 0.15) is 6.61 Å². The van der Waals surface area contributed by atoms with Crippen molar-refractivity contribution in [3.8, 4) is 0 Å². The Bertz CT molecular complexity index is 877. The molecule has 0 N–H and O–H groups in total. The van der Waals surface area contributed by atoms with Gasteiger partial charge in [0.15, 0.2) is 11.6 Å². The van der Waals surface area contributed by atoms with Gasteiger partial charge in [-0.05, 0) is 93.6 Å². The van der Waals surface area contributed by atoms with Gasteiger partial charge in [0.2, 0.25) is 0 Å². The number of esters is 1. The zero-order valence-corrected chi connectivity index (χ0v) is 19.4. The second-order valence-electron chi connectivity index (χ2n) is 10.7. The van der Waals surface area contributed by atoms with Gasteiger partial charge in [-0.3, -0.25) is 14.4 Å². The summed E-state index contributed by atoms with van der Waals surface area (Å²) in [5.74, 6) is 1.62. The van der Waals surface area contributed by atoms with Crippen LogP contribution in [0.4, 0.5) is 0 Å². The number of hydrogen-bond acceptors (Lipinski definition) is 4. The van der Waals surface area contributed by atoms with Gasteiger partial charge in [-0.2, -0.15) is 0 Å². The molecule has 0 heterocycles. The molecule has 0 aromatic heterocycles. The number of hydrogen-bond donors (Lipinski definition) is 0. The van der Waals surface area contributed by atoms with Crippen LogP contribution in [-0.4, -0.2) is 24.1 Å². The first-order chi connectivity index (χ1) is 14.0. The van der Waals surface area contributed by atoms with Crippen LogP contribution in [0.3, 0.4) is 0 Å². The normalized spacial score (nSPS) is 40.7. The highest BCUT2D eigenvalue weighted by atomic mass is 16.5. The summed E-state index contributed by atoms with van der Waals surface area (Å²) in [5, 5.41) is 0. The number of carbonyl (C=O) groups is 3. The molecule has 0 aliphatic heterocycles. The first kappa shape index (κ1) is 21.5. The molecule has 0 bridgehead atoms. The summed E-state index contributed by atoms with van der Waals surface area (Å²) in [5.41, 5.74) is 4.54. The molecular weight excluding hydrogens is 376 g/mol. The topological polar surface area (TPSA) is 60.4 Å². The molecule has 0 spiro atoms. The van der Waals surface area contributed by atoms with E-state index in [1.807, 2.05) is 13.8 Å². The fraction of sp³-hybridized carbons (Fsp3) is 0.731. The number of ketones is 2. The first-order valence-corrected chi connectivity index (χ1v) is 11.6. The van der Waals surface area contributed by atoms with Crippen molar-refractivity contribution in [3.63, 3.8) is 0 Å². The van der Waals surface area contributed by atoms with Gasteiger partial charge in [0, 0.05) is 18.3 Å². The van der Waals surface area contributed by atoms with E-state index in [4.69, 9.17) is 4.74 Å². The van der Waals surface area contributed by atoms with E-state index in [1.54, 1.807) is 0 Å². The van der Waals surface area contributed by atoms with Crippen molar-refractivity contribution in [2.45, 2.75) is 80.1 Å². The van der Waals surface area contributed by atoms with E-state index in [-0.39, 0.29) is 40.9 Å². The van der Waals surface area contributed by atoms with Crippen molar-refractivity contribution in [3.05, 3.63) is 22.3 Å². The largest absolute Gasteiger partial charge is 0.458 e. The van der Waals surface area contributed by atoms with Crippen LogP contribution in [-0.2, 0) is 19.1 Å². The molecule has 30 heavy (non-hydrogen) atoms. The Morgan fingerprint density at radius 2 is 1.70 bits per heavy atom. The SMILES string of the molecule is CC(=O)OCC(=O)[C@H]1CC[C@H]2[C@@H]3CCC4=C(C)C(=O)C(C)=C(C)[C@]4(C)[C@H]3CC[C@]12C. The van der Waals surface area contributed by atoms with E-state index in [9.17, 15) is 14.4 Å². The molecule has 3 saturated carbocycles. The van der Waals surface area contributed by atoms with E-state index < -0.39 is 0 Å². The van der Waals surface area contributed by atoms with Gasteiger partial charge in [0.25, 0.3) is 0 Å². The predicted octanol–water partition coefficient (Wildman–Crippen LogP) is 5.21. The smallest absolute Gasteiger partial charge is 0.303 e. The third kappa shape index (κ3) is 2.81. The average Bonchev–Trinajstić information content (AvgIpc) is 3.06. The lowest BCUT2D eigenvalue weighted by molar-refractivity contribution is -0.149. The molecule has 4 aliphatic rings. The molecule has 0 aromatic rings. The lowest BCUT2D eigenvalue weighted by atomic mass is 9.45. The Morgan fingerprint density at radius 3 is 2.37 bits per heavy atom. The number of ether oxygens (including phenoxy) is 1. The third-order valence-corrected chi connectivity index (χ3v) is 9.81. The molecule has 0 unspecified atom stereocenters. The monoisotopic (exact) mass is 412 g/mol. The fourth-order valence-corrected chi connectivity index (χ4v) is 8.06. The molecule has 4 nitrogen and oxygen atoms in total. The van der Waals surface area contributed by atoms with E-state index in [1.165, 1.54) is 18.1 Å². The van der Waals surface area contributed by atoms with Crippen LogP contribution in [0.1, 0.15) is 80.1 Å². The number of fused-ring (bicyclic) bond motifs is 5. The molecule has 0 aromatic carbocycles. The average molecular weight is 413 g/mol. The predicted molar refractivity (Wildman–Crippen MR) is 116 cm³/mol. The highest BCUT2D eigenvalue weighted by Gasteiger charge is 2.61. The molecule has 164 valence electrons. The number of Topliss-reactive ketones (excluding diaryl/α,β-unsaturated/α-hetero) is 2. The minimum Gasteiger partial charge on any atom is -0.458 e. The molecule has 3 fully saturated rings. The maximum atomic E-state index is 12.9. The summed E-state index contributed by atoms with van der Waals surface area (Å²) in [4.78, 5) is 36.9. The Labute approximate surface area is 180 Å². The van der Waals surface area contributed by atoms with Crippen molar-refractivity contribution >= 4 is 17.5 Å². The molecule has 0 radical (unpaired) electrons. The molecule has 4 heteroatoms. The maximum Gasteiger partial charge on any atom is 0.303 e. The zero-order valence-electron chi connectivity index (χ0n) is 19.4. The van der Waals surface area contributed by atoms with Crippen LogP contribution in [0.5, 0.6) is 0 Å². The summed E-state index contributed by atoms with van der Waals surface area (Å²) in [6.45, 7) is 12.2. The van der Waals surface area contributed by atoms with Crippen molar-refractivity contribution in [1.29, 1.82) is 0 Å². The Kier molecular flexibility index (Phi) is 5.14. The minimum absolute atomic E-state index is 0.000546. The highest BCUT2D eigenvalue weighted by Crippen LogP contribution is 2.67. The Balaban J connectivity index is 1.64. The standard InChI is InChI=1S/C26H36O4/c1-14-16(3)26(6)19(15(2)24(14)29)8-7-18-20-9-10-22(23(28)13-30-17(4)27)25(20,5)12-11-21(18)26/h18,20-22H,7-13H2,1-6H3/t18-,20-,21-,22+,25-,26-/m0/s1. The van der Waals surface area contributed by atoms with Crippen LogP contribution in [0, 0.1) is 34.5 Å². The first-order valence-electron chi connectivity index (χ1n) is 11.6. The molecule has 0 amide bonds. The van der Waals surface area contributed by atoms with Crippen molar-refractivity contribution in [2.75, 3.05) is 6.61 Å². The van der Waals surface area contributed by atoms with E-state index >= 15 is 0 Å². The summed E-state index contributed by atoms with van der Waals surface area (Å²) in [6, 6.07) is 0. The van der Waals surface area contributed by atoms with Crippen molar-refractivity contribution < 1.29 is 19.1 Å². The summed E-state index contributed by atoms with van der Waals surface area (Å²) >= 11 is 0. The number of carbonyl (C=O) groups excluding carboxylic acids is 3. The van der Waals surface area contributed by atoms with Gasteiger partial charge in [-0.1, -0.05) is 25.0 Å². The van der Waals surface area contributed by atoms with Gasteiger partial charge in [0.05, 0.1) is 0 Å². The quantitative estimate of drug-likeness (QED) is 0.597. The van der Waals surface area contributed by atoms with Crippen LogP contribution in [0.25, 0.3) is 0 Å². The van der Waals surface area contributed by atoms with Gasteiger partial charge >= 0.3 is 5.97 Å². The summed E-state index contributed by atoms with van der Waals surface area (Å²) in [7, 11) is 0. The zero-order chi connectivity index (χ0) is 22.0. The lowest BCUT2D eigenvalue weighted by Gasteiger charge is -2.59. The Morgan fingerprint density at radius 1 is 1.00 bits per heavy atom. The lowest BCUT2D eigenvalue weighted by Crippen LogP contribution is -2.52. The van der Waals surface area contributed by atoms with Gasteiger partial charge in [-0.15, -0.1) is 0 Å². The van der Waals surface area contributed by atoms with E-state index in [0.29, 0.717) is 17.8 Å². The third-order valence-electron chi connectivity index (χ3n) is 9.81. The van der Waals surface area contributed by atoms with Gasteiger partial charge in [-0.25, -0.2) is 0 Å². The molecule has 4 aliphatic carbocycles. The molecule has 4 rings (SSSR count). The fourth-order valence-electron chi connectivity index (χ4n) is 8.06. The van der Waals surface area contributed by atoms with Crippen LogP contribution in [0.15, 0.2) is 22.3 Å². The maximum absolute atomic E-state index is 12.9. The van der Waals surface area contributed by atoms with Crippen LogP contribution in [0.2, 0.25) is 0 Å². The Hall–Kier alpha value is -1.71. The van der Waals surface area contributed by atoms with E-state index in [0.717, 1.165) is 49.7 Å². The van der Waals surface area contributed by atoms with Crippen LogP contribution < -0.4 is 0 Å². The second-order valence-corrected chi connectivity index (χ2v) is 10.7. The number of rotatable bonds is 3. The minimum atomic E-state index is -0.383.